The maximum atomic E-state index is 12.2. The van der Waals surface area contributed by atoms with Crippen LogP contribution in [-0.4, -0.2) is 40.5 Å². The van der Waals surface area contributed by atoms with E-state index in [-0.39, 0.29) is 30.9 Å². The number of nitrogens with one attached hydrogen (secondary N) is 2. The highest BCUT2D eigenvalue weighted by atomic mass is 16.5. The molecule has 9 heteroatoms. The molecular formula is C21H27N5O4. The fourth-order valence-corrected chi connectivity index (χ4v) is 3.00. The Kier molecular flexibility index (Phi) is 6.95. The van der Waals surface area contributed by atoms with E-state index in [0.29, 0.717) is 23.8 Å². The maximum absolute atomic E-state index is 12.2. The van der Waals surface area contributed by atoms with E-state index in [0.717, 1.165) is 12.0 Å². The molecule has 0 aliphatic rings. The Balaban J connectivity index is 1.54. The number of hydrogen-bond donors (Lipinski definition) is 2. The lowest BCUT2D eigenvalue weighted by molar-refractivity contribution is 0.237. The van der Waals surface area contributed by atoms with Crippen molar-refractivity contribution in [3.8, 4) is 11.5 Å². The maximum Gasteiger partial charge on any atom is 0.350 e. The van der Waals surface area contributed by atoms with Gasteiger partial charge in [-0.2, -0.15) is 0 Å². The third-order valence-electron chi connectivity index (χ3n) is 4.59. The van der Waals surface area contributed by atoms with Gasteiger partial charge in [0.05, 0.1) is 26.3 Å². The van der Waals surface area contributed by atoms with Gasteiger partial charge in [0, 0.05) is 12.7 Å². The summed E-state index contributed by atoms with van der Waals surface area (Å²) < 4.78 is 13.8. The van der Waals surface area contributed by atoms with E-state index in [4.69, 9.17) is 9.47 Å². The number of amides is 2. The van der Waals surface area contributed by atoms with Gasteiger partial charge in [0.25, 0.3) is 0 Å². The fraction of sp³-hybridized carbons (Fsp3) is 0.381. The molecule has 0 saturated heterocycles. The van der Waals surface area contributed by atoms with Crippen molar-refractivity contribution < 1.29 is 14.3 Å². The average Bonchev–Trinajstić information content (AvgIpc) is 3.07. The summed E-state index contributed by atoms with van der Waals surface area (Å²) in [4.78, 5) is 24.5. The SMILES string of the molecule is CCCOc1ccc(C(C)NC(=O)NCCn2nc3ccccn3c2=O)cc1OC. The number of rotatable bonds is 9. The lowest BCUT2D eigenvalue weighted by atomic mass is 10.1. The minimum Gasteiger partial charge on any atom is -0.493 e. The number of nitrogens with zero attached hydrogens (tertiary/aromatic N) is 3. The predicted molar refractivity (Wildman–Crippen MR) is 113 cm³/mol. The second kappa shape index (κ2) is 9.82. The summed E-state index contributed by atoms with van der Waals surface area (Å²) in [6.45, 7) is 5.08. The second-order valence-electron chi connectivity index (χ2n) is 6.82. The molecule has 2 amide bonds. The van der Waals surface area contributed by atoms with Crippen molar-refractivity contribution in [3.05, 3.63) is 58.6 Å². The highest BCUT2D eigenvalue weighted by molar-refractivity contribution is 5.74. The van der Waals surface area contributed by atoms with Gasteiger partial charge in [0.15, 0.2) is 17.1 Å². The van der Waals surface area contributed by atoms with Crippen LogP contribution in [-0.2, 0) is 6.54 Å². The molecule has 0 bridgehead atoms. The first-order valence-corrected chi connectivity index (χ1v) is 9.92. The zero-order valence-corrected chi connectivity index (χ0v) is 17.4. The predicted octanol–water partition coefficient (Wildman–Crippen LogP) is 2.35. The zero-order valence-electron chi connectivity index (χ0n) is 17.4. The molecule has 2 N–H and O–H groups in total. The molecule has 1 atom stereocenters. The van der Waals surface area contributed by atoms with Gasteiger partial charge in [0.2, 0.25) is 0 Å². The molecule has 0 spiro atoms. The van der Waals surface area contributed by atoms with Crippen LogP contribution in [0.15, 0.2) is 47.4 Å². The summed E-state index contributed by atoms with van der Waals surface area (Å²) in [7, 11) is 1.59. The number of ether oxygens (including phenoxy) is 2. The molecule has 9 nitrogen and oxygen atoms in total. The number of pyridine rings is 1. The summed E-state index contributed by atoms with van der Waals surface area (Å²) in [6.07, 6.45) is 2.57. The van der Waals surface area contributed by atoms with E-state index in [1.54, 1.807) is 25.4 Å². The fourth-order valence-electron chi connectivity index (χ4n) is 3.00. The quantitative estimate of drug-likeness (QED) is 0.561. The van der Waals surface area contributed by atoms with Gasteiger partial charge < -0.3 is 20.1 Å². The van der Waals surface area contributed by atoms with Crippen molar-refractivity contribution in [2.24, 2.45) is 0 Å². The highest BCUT2D eigenvalue weighted by Crippen LogP contribution is 2.30. The number of benzene rings is 1. The lowest BCUT2D eigenvalue weighted by Crippen LogP contribution is -2.39. The lowest BCUT2D eigenvalue weighted by Gasteiger charge is -2.17. The van der Waals surface area contributed by atoms with Crippen molar-refractivity contribution in [1.29, 1.82) is 0 Å². The molecule has 0 radical (unpaired) electrons. The largest absolute Gasteiger partial charge is 0.493 e. The molecule has 2 heterocycles. The topological polar surface area (TPSA) is 98.9 Å². The standard InChI is InChI=1S/C21H27N5O4/c1-4-13-30-17-9-8-16(14-18(17)29-3)15(2)23-20(27)22-10-12-26-21(28)25-11-6-5-7-19(25)24-26/h5-9,11,14-15H,4,10,12-13H2,1-3H3,(H2,22,23,27). The molecule has 0 fully saturated rings. The molecule has 30 heavy (non-hydrogen) atoms. The number of hydrogen-bond acceptors (Lipinski definition) is 5. The van der Waals surface area contributed by atoms with Crippen LogP contribution in [0.2, 0.25) is 0 Å². The number of carbonyl (C=O) groups excluding carboxylic acids is 1. The number of carbonyl (C=O) groups is 1. The van der Waals surface area contributed by atoms with Gasteiger partial charge in [-0.1, -0.05) is 19.1 Å². The van der Waals surface area contributed by atoms with Gasteiger partial charge in [-0.3, -0.25) is 4.40 Å². The molecule has 3 aromatic rings. The Bertz CT molecular complexity index is 1060. The molecule has 1 aromatic carbocycles. The van der Waals surface area contributed by atoms with E-state index in [1.807, 2.05) is 38.1 Å². The van der Waals surface area contributed by atoms with Gasteiger partial charge in [-0.25, -0.2) is 14.3 Å². The minimum absolute atomic E-state index is 0.237. The summed E-state index contributed by atoms with van der Waals surface area (Å²) >= 11 is 0. The van der Waals surface area contributed by atoms with E-state index < -0.39 is 0 Å². The van der Waals surface area contributed by atoms with Crippen LogP contribution < -0.4 is 25.8 Å². The molecule has 0 saturated carbocycles. The van der Waals surface area contributed by atoms with Crippen molar-refractivity contribution in [2.75, 3.05) is 20.3 Å². The zero-order chi connectivity index (χ0) is 21.5. The Hall–Kier alpha value is -3.49. The van der Waals surface area contributed by atoms with Crippen LogP contribution in [0.3, 0.4) is 0 Å². The summed E-state index contributed by atoms with van der Waals surface area (Å²) in [6, 6.07) is 10.4. The minimum atomic E-state index is -0.329. The van der Waals surface area contributed by atoms with Crippen LogP contribution >= 0.6 is 0 Å². The first-order valence-electron chi connectivity index (χ1n) is 9.92. The van der Waals surface area contributed by atoms with Crippen molar-refractivity contribution >= 4 is 11.7 Å². The average molecular weight is 413 g/mol. The van der Waals surface area contributed by atoms with Gasteiger partial charge >= 0.3 is 11.7 Å². The van der Waals surface area contributed by atoms with E-state index >= 15 is 0 Å². The number of methoxy groups -OCH3 is 1. The second-order valence-corrected chi connectivity index (χ2v) is 6.82. The monoisotopic (exact) mass is 413 g/mol. The molecule has 2 aromatic heterocycles. The Morgan fingerprint density at radius 2 is 2.07 bits per heavy atom. The van der Waals surface area contributed by atoms with Crippen LogP contribution in [0.5, 0.6) is 11.5 Å². The number of fused-ring (bicyclic) bond motifs is 1. The van der Waals surface area contributed by atoms with Crippen LogP contribution in [0.1, 0.15) is 31.9 Å². The first-order chi connectivity index (χ1) is 14.5. The number of aromatic nitrogens is 3. The van der Waals surface area contributed by atoms with Gasteiger partial charge in [-0.05, 0) is 43.2 Å². The summed E-state index contributed by atoms with van der Waals surface area (Å²) in [5, 5.41) is 9.87. The van der Waals surface area contributed by atoms with Gasteiger partial charge in [0.1, 0.15) is 0 Å². The number of urea groups is 1. The van der Waals surface area contributed by atoms with Crippen LogP contribution in [0.25, 0.3) is 5.65 Å². The molecular weight excluding hydrogens is 386 g/mol. The van der Waals surface area contributed by atoms with Gasteiger partial charge in [-0.15, -0.1) is 5.10 Å². The first kappa shape index (κ1) is 21.2. The third-order valence-corrected chi connectivity index (χ3v) is 4.59. The molecule has 0 aliphatic carbocycles. The normalized spacial score (nSPS) is 11.8. The van der Waals surface area contributed by atoms with Crippen LogP contribution in [0, 0.1) is 0 Å². The highest BCUT2D eigenvalue weighted by Gasteiger charge is 2.13. The van der Waals surface area contributed by atoms with E-state index in [2.05, 4.69) is 15.7 Å². The van der Waals surface area contributed by atoms with Crippen LogP contribution in [0.4, 0.5) is 4.79 Å². The molecule has 3 rings (SSSR count). The van der Waals surface area contributed by atoms with Crippen molar-refractivity contribution in [3.63, 3.8) is 0 Å². The Morgan fingerprint density at radius 1 is 1.23 bits per heavy atom. The molecule has 1 unspecified atom stereocenters. The molecule has 0 aliphatic heterocycles. The summed E-state index contributed by atoms with van der Waals surface area (Å²) in [5.74, 6) is 1.30. The van der Waals surface area contributed by atoms with Crippen molar-refractivity contribution in [2.45, 2.75) is 32.9 Å². The molecule has 160 valence electrons. The summed E-state index contributed by atoms with van der Waals surface area (Å²) in [5.41, 5.74) is 1.22. The van der Waals surface area contributed by atoms with Crippen molar-refractivity contribution in [1.82, 2.24) is 24.8 Å². The Morgan fingerprint density at radius 3 is 2.80 bits per heavy atom. The van der Waals surface area contributed by atoms with E-state index in [9.17, 15) is 9.59 Å². The third kappa shape index (κ3) is 4.91. The Labute approximate surface area is 174 Å². The van der Waals surface area contributed by atoms with E-state index in [1.165, 1.54) is 9.08 Å². The smallest absolute Gasteiger partial charge is 0.350 e.